The van der Waals surface area contributed by atoms with Crippen LogP contribution in [-0.4, -0.2) is 34.7 Å². The number of piperidine rings is 1. The zero-order chi connectivity index (χ0) is 16.9. The van der Waals surface area contributed by atoms with Gasteiger partial charge in [-0.05, 0) is 36.6 Å². The highest BCUT2D eigenvalue weighted by atomic mass is 19.1. The van der Waals surface area contributed by atoms with Crippen LogP contribution in [0.5, 0.6) is 0 Å². The van der Waals surface area contributed by atoms with E-state index >= 15 is 0 Å². The maximum Gasteiger partial charge on any atom is 0.227 e. The molecular weight excluding hydrogens is 307 g/mol. The van der Waals surface area contributed by atoms with E-state index in [-0.39, 0.29) is 29.8 Å². The molecule has 1 amide bonds. The fraction of sp³-hybridized carbons (Fsp3) is 0.316. The second-order valence-electron chi connectivity index (χ2n) is 6.03. The van der Waals surface area contributed by atoms with Crippen molar-refractivity contribution in [1.29, 1.82) is 0 Å². The molecule has 3 rings (SSSR count). The number of carbonyl (C=O) groups is 2. The quantitative estimate of drug-likeness (QED) is 0.812. The van der Waals surface area contributed by atoms with Gasteiger partial charge in [0.2, 0.25) is 5.91 Å². The van der Waals surface area contributed by atoms with Crippen LogP contribution in [0, 0.1) is 11.7 Å². The Morgan fingerprint density at radius 3 is 2.54 bits per heavy atom. The number of rotatable bonds is 4. The number of benzene rings is 1. The third kappa shape index (κ3) is 3.67. The smallest absolute Gasteiger partial charge is 0.227 e. The first-order valence-corrected chi connectivity index (χ1v) is 8.10. The average molecular weight is 326 g/mol. The molecule has 2 heterocycles. The molecule has 0 bridgehead atoms. The van der Waals surface area contributed by atoms with Gasteiger partial charge in [-0.3, -0.25) is 14.6 Å². The Balaban J connectivity index is 1.56. The Labute approximate surface area is 140 Å². The Morgan fingerprint density at radius 2 is 1.88 bits per heavy atom. The molecule has 0 saturated carbocycles. The number of ketones is 1. The summed E-state index contributed by atoms with van der Waals surface area (Å²) in [6.45, 7) is 1.06. The largest absolute Gasteiger partial charge is 0.342 e. The van der Waals surface area contributed by atoms with E-state index in [0.717, 1.165) is 0 Å². The number of halogens is 1. The van der Waals surface area contributed by atoms with Gasteiger partial charge >= 0.3 is 0 Å². The second kappa shape index (κ2) is 7.34. The summed E-state index contributed by atoms with van der Waals surface area (Å²) in [6.07, 6.45) is 4.56. The number of hydrogen-bond acceptors (Lipinski definition) is 3. The van der Waals surface area contributed by atoms with Crippen molar-refractivity contribution in [1.82, 2.24) is 9.88 Å². The van der Waals surface area contributed by atoms with Crippen molar-refractivity contribution in [3.05, 3.63) is 65.7 Å². The summed E-state index contributed by atoms with van der Waals surface area (Å²) in [5.41, 5.74) is 1.03. The molecule has 0 atom stereocenters. The minimum Gasteiger partial charge on any atom is -0.342 e. The summed E-state index contributed by atoms with van der Waals surface area (Å²) in [5.74, 6) is -0.434. The lowest BCUT2D eigenvalue weighted by atomic mass is 9.89. The Bertz CT molecular complexity index is 725. The maximum absolute atomic E-state index is 13.7. The minimum atomic E-state index is -0.354. The molecule has 1 aromatic carbocycles. The van der Waals surface area contributed by atoms with Crippen molar-refractivity contribution >= 4 is 11.7 Å². The van der Waals surface area contributed by atoms with Crippen molar-refractivity contribution in [3.8, 4) is 0 Å². The lowest BCUT2D eigenvalue weighted by Gasteiger charge is -2.31. The number of aromatic nitrogens is 1. The predicted molar refractivity (Wildman–Crippen MR) is 88.0 cm³/mol. The van der Waals surface area contributed by atoms with Gasteiger partial charge in [-0.15, -0.1) is 0 Å². The number of nitrogens with zero attached hydrogens (tertiary/aromatic N) is 2. The third-order valence-electron chi connectivity index (χ3n) is 4.46. The topological polar surface area (TPSA) is 50.3 Å². The van der Waals surface area contributed by atoms with Crippen molar-refractivity contribution in [2.45, 2.75) is 19.3 Å². The van der Waals surface area contributed by atoms with Crippen LogP contribution in [0.25, 0.3) is 0 Å². The highest BCUT2D eigenvalue weighted by molar-refractivity contribution is 5.97. The normalized spacial score (nSPS) is 15.3. The van der Waals surface area contributed by atoms with Crippen LogP contribution in [-0.2, 0) is 11.2 Å². The predicted octanol–water partition coefficient (Wildman–Crippen LogP) is 2.88. The molecular formula is C19H19FN2O2. The molecule has 0 spiro atoms. The van der Waals surface area contributed by atoms with E-state index in [1.807, 2.05) is 0 Å². The van der Waals surface area contributed by atoms with Gasteiger partial charge in [0.05, 0.1) is 6.42 Å². The van der Waals surface area contributed by atoms with Gasteiger partial charge < -0.3 is 4.90 Å². The summed E-state index contributed by atoms with van der Waals surface area (Å²) < 4.78 is 13.7. The fourth-order valence-electron chi connectivity index (χ4n) is 3.05. The van der Waals surface area contributed by atoms with Crippen molar-refractivity contribution in [2.24, 2.45) is 5.92 Å². The van der Waals surface area contributed by atoms with Gasteiger partial charge in [-0.2, -0.15) is 0 Å². The first kappa shape index (κ1) is 16.3. The molecule has 24 heavy (non-hydrogen) atoms. The fourth-order valence-corrected chi connectivity index (χ4v) is 3.05. The summed E-state index contributed by atoms with van der Waals surface area (Å²) >= 11 is 0. The van der Waals surface area contributed by atoms with E-state index < -0.39 is 0 Å². The van der Waals surface area contributed by atoms with Gasteiger partial charge in [0, 0.05) is 37.0 Å². The standard InChI is InChI=1S/C19H19FN2O2/c20-17-6-2-1-4-15(17)12-18(23)22-10-7-14(8-11-22)19(24)16-5-3-9-21-13-16/h1-6,9,13-14H,7-8,10-12H2. The molecule has 4 nitrogen and oxygen atoms in total. The van der Waals surface area contributed by atoms with Gasteiger partial charge in [0.1, 0.15) is 5.82 Å². The first-order chi connectivity index (χ1) is 11.6. The highest BCUT2D eigenvalue weighted by Crippen LogP contribution is 2.22. The Hall–Kier alpha value is -2.56. The van der Waals surface area contributed by atoms with E-state index in [9.17, 15) is 14.0 Å². The number of pyridine rings is 1. The lowest BCUT2D eigenvalue weighted by molar-refractivity contribution is -0.131. The molecule has 124 valence electrons. The summed E-state index contributed by atoms with van der Waals surface area (Å²) in [5, 5.41) is 0. The van der Waals surface area contributed by atoms with E-state index in [4.69, 9.17) is 0 Å². The van der Waals surface area contributed by atoms with E-state index in [2.05, 4.69) is 4.98 Å². The van der Waals surface area contributed by atoms with Gasteiger partial charge in [0.15, 0.2) is 5.78 Å². The van der Waals surface area contributed by atoms with Gasteiger partial charge in [-0.25, -0.2) is 4.39 Å². The average Bonchev–Trinajstić information content (AvgIpc) is 2.64. The zero-order valence-corrected chi connectivity index (χ0v) is 13.3. The number of amides is 1. The summed E-state index contributed by atoms with van der Waals surface area (Å²) in [4.78, 5) is 30.4. The van der Waals surface area contributed by atoms with Crippen molar-refractivity contribution in [3.63, 3.8) is 0 Å². The monoisotopic (exact) mass is 326 g/mol. The molecule has 0 unspecified atom stereocenters. The van der Waals surface area contributed by atoms with Crippen LogP contribution >= 0.6 is 0 Å². The van der Waals surface area contributed by atoms with Crippen molar-refractivity contribution < 1.29 is 14.0 Å². The van der Waals surface area contributed by atoms with Crippen molar-refractivity contribution in [2.75, 3.05) is 13.1 Å². The molecule has 1 aliphatic rings. The molecule has 1 saturated heterocycles. The van der Waals surface area contributed by atoms with E-state index in [1.165, 1.54) is 6.07 Å². The molecule has 5 heteroatoms. The van der Waals surface area contributed by atoms with Crippen LogP contribution in [0.3, 0.4) is 0 Å². The Kier molecular flexibility index (Phi) is 4.99. The zero-order valence-electron chi connectivity index (χ0n) is 13.3. The Morgan fingerprint density at radius 1 is 1.12 bits per heavy atom. The van der Waals surface area contributed by atoms with Crippen LogP contribution in [0.15, 0.2) is 48.8 Å². The summed E-state index contributed by atoms with van der Waals surface area (Å²) in [6, 6.07) is 9.85. The molecule has 0 aliphatic carbocycles. The highest BCUT2D eigenvalue weighted by Gasteiger charge is 2.28. The number of carbonyl (C=O) groups excluding carboxylic acids is 2. The SMILES string of the molecule is O=C(c1cccnc1)C1CCN(C(=O)Cc2ccccc2F)CC1. The molecule has 0 radical (unpaired) electrons. The first-order valence-electron chi connectivity index (χ1n) is 8.10. The third-order valence-corrected chi connectivity index (χ3v) is 4.46. The molecule has 1 fully saturated rings. The molecule has 0 N–H and O–H groups in total. The van der Waals surface area contributed by atoms with Crippen LogP contribution in [0.1, 0.15) is 28.8 Å². The molecule has 2 aromatic rings. The molecule has 1 aromatic heterocycles. The summed E-state index contributed by atoms with van der Waals surface area (Å²) in [7, 11) is 0. The number of hydrogen-bond donors (Lipinski definition) is 0. The lowest BCUT2D eigenvalue weighted by Crippen LogP contribution is -2.41. The maximum atomic E-state index is 13.7. The van der Waals surface area contributed by atoms with E-state index in [1.54, 1.807) is 47.6 Å². The minimum absolute atomic E-state index is 0.0634. The van der Waals surface area contributed by atoms with Crippen LogP contribution < -0.4 is 0 Å². The van der Waals surface area contributed by atoms with E-state index in [0.29, 0.717) is 37.1 Å². The number of Topliss-reactive ketones (excluding diaryl/α,β-unsaturated/α-hetero) is 1. The second-order valence-corrected chi connectivity index (χ2v) is 6.03. The van der Waals surface area contributed by atoms with Gasteiger partial charge in [-0.1, -0.05) is 18.2 Å². The van der Waals surface area contributed by atoms with Crippen LogP contribution in [0.2, 0.25) is 0 Å². The van der Waals surface area contributed by atoms with Crippen LogP contribution in [0.4, 0.5) is 4.39 Å². The number of likely N-dealkylation sites (tertiary alicyclic amines) is 1. The van der Waals surface area contributed by atoms with Gasteiger partial charge in [0.25, 0.3) is 0 Å². The molecule has 1 aliphatic heterocycles.